The van der Waals surface area contributed by atoms with Gasteiger partial charge in [0.05, 0.1) is 0 Å². The summed E-state index contributed by atoms with van der Waals surface area (Å²) >= 11 is 0. The molecule has 1 aliphatic heterocycles. The number of carbonyl (C=O) groups is 1. The second kappa shape index (κ2) is 4.20. The van der Waals surface area contributed by atoms with Crippen LogP contribution in [0.1, 0.15) is 33.6 Å². The topological polar surface area (TPSA) is 35.5 Å². The average Bonchev–Trinajstić information content (AvgIpc) is 2.12. The van der Waals surface area contributed by atoms with Gasteiger partial charge in [0.25, 0.3) is 0 Å². The molecule has 0 aromatic carbocycles. The fraction of sp³-hybridized carbons (Fsp3) is 0.900. The summed E-state index contributed by atoms with van der Waals surface area (Å²) in [4.78, 5) is 10.8. The third-order valence-corrected chi connectivity index (χ3v) is 2.53. The zero-order chi connectivity index (χ0) is 9.90. The molecule has 0 bridgehead atoms. The fourth-order valence-corrected chi connectivity index (χ4v) is 1.54. The van der Waals surface area contributed by atoms with Gasteiger partial charge in [-0.05, 0) is 26.7 Å². The molecule has 76 valence electrons. The molecule has 0 aromatic rings. The zero-order valence-electron chi connectivity index (χ0n) is 8.58. The maximum Gasteiger partial charge on any atom is 0.161 e. The molecule has 0 N–H and O–H groups in total. The largest absolute Gasteiger partial charge is 0.353 e. The van der Waals surface area contributed by atoms with E-state index in [9.17, 15) is 4.79 Å². The van der Waals surface area contributed by atoms with Gasteiger partial charge in [-0.1, -0.05) is 6.92 Å². The third kappa shape index (κ3) is 2.51. The molecular formula is C10H18O3. The molecular weight excluding hydrogens is 168 g/mol. The number of hydrogen-bond donors (Lipinski definition) is 0. The molecule has 1 saturated heterocycles. The van der Waals surface area contributed by atoms with Crippen LogP contribution in [0.15, 0.2) is 0 Å². The Morgan fingerprint density at radius 1 is 1.69 bits per heavy atom. The summed E-state index contributed by atoms with van der Waals surface area (Å²) < 4.78 is 11.0. The Labute approximate surface area is 79.4 Å². The molecule has 0 aromatic heterocycles. The lowest BCUT2D eigenvalue weighted by Gasteiger charge is -2.38. The Bertz CT molecular complexity index is 181. The van der Waals surface area contributed by atoms with E-state index in [2.05, 4.69) is 6.92 Å². The van der Waals surface area contributed by atoms with Gasteiger partial charge in [-0.25, -0.2) is 0 Å². The summed E-state index contributed by atoms with van der Waals surface area (Å²) in [5.74, 6) is 0.382. The van der Waals surface area contributed by atoms with Crippen LogP contribution < -0.4 is 0 Å². The first-order valence-corrected chi connectivity index (χ1v) is 4.87. The molecule has 1 heterocycles. The van der Waals surface area contributed by atoms with Crippen LogP contribution in [-0.4, -0.2) is 24.8 Å². The van der Waals surface area contributed by atoms with Crippen LogP contribution in [0, 0.1) is 5.92 Å². The van der Waals surface area contributed by atoms with Crippen LogP contribution in [0.2, 0.25) is 0 Å². The maximum atomic E-state index is 10.8. The van der Waals surface area contributed by atoms with E-state index >= 15 is 0 Å². The molecule has 3 atom stereocenters. The van der Waals surface area contributed by atoms with Crippen molar-refractivity contribution in [2.45, 2.75) is 45.5 Å². The van der Waals surface area contributed by atoms with Crippen molar-refractivity contribution in [2.75, 3.05) is 6.61 Å². The number of ether oxygens (including phenoxy) is 2. The summed E-state index contributed by atoms with van der Waals surface area (Å²) in [6.45, 7) is 6.47. The minimum atomic E-state index is -0.633. The average molecular weight is 186 g/mol. The lowest BCUT2D eigenvalue weighted by atomic mass is 9.91. The van der Waals surface area contributed by atoms with Crippen molar-refractivity contribution < 1.29 is 14.3 Å². The van der Waals surface area contributed by atoms with Crippen LogP contribution in [0.25, 0.3) is 0 Å². The summed E-state index contributed by atoms with van der Waals surface area (Å²) in [7, 11) is 0. The Morgan fingerprint density at radius 2 is 2.38 bits per heavy atom. The predicted octanol–water partition coefficient (Wildman–Crippen LogP) is 1.75. The van der Waals surface area contributed by atoms with Crippen LogP contribution in [0.4, 0.5) is 0 Å². The first-order chi connectivity index (χ1) is 6.11. The predicted molar refractivity (Wildman–Crippen MR) is 49.4 cm³/mol. The first-order valence-electron chi connectivity index (χ1n) is 4.87. The highest BCUT2D eigenvalue weighted by Gasteiger charge is 2.36. The van der Waals surface area contributed by atoms with Gasteiger partial charge in [-0.15, -0.1) is 0 Å². The lowest BCUT2D eigenvalue weighted by molar-refractivity contribution is -0.240. The second-order valence-corrected chi connectivity index (χ2v) is 3.89. The summed E-state index contributed by atoms with van der Waals surface area (Å²) in [5.41, 5.74) is -0.633. The molecule has 0 saturated carbocycles. The van der Waals surface area contributed by atoms with Crippen molar-refractivity contribution in [3.8, 4) is 0 Å². The van der Waals surface area contributed by atoms with Gasteiger partial charge in [-0.2, -0.15) is 0 Å². The van der Waals surface area contributed by atoms with E-state index in [0.29, 0.717) is 12.5 Å². The van der Waals surface area contributed by atoms with E-state index in [-0.39, 0.29) is 6.29 Å². The van der Waals surface area contributed by atoms with Crippen molar-refractivity contribution in [1.29, 1.82) is 0 Å². The minimum absolute atomic E-state index is 0.214. The van der Waals surface area contributed by atoms with Gasteiger partial charge in [0.1, 0.15) is 5.60 Å². The number of carbonyl (C=O) groups excluding carboxylic acids is 1. The molecule has 1 rings (SSSR count). The number of rotatable bonds is 3. The molecule has 3 heteroatoms. The highest BCUT2D eigenvalue weighted by molar-refractivity contribution is 5.61. The van der Waals surface area contributed by atoms with Crippen LogP contribution in [0.3, 0.4) is 0 Å². The van der Waals surface area contributed by atoms with Crippen molar-refractivity contribution in [2.24, 2.45) is 5.92 Å². The fourth-order valence-electron chi connectivity index (χ4n) is 1.54. The van der Waals surface area contributed by atoms with Gasteiger partial charge in [-0.3, -0.25) is 0 Å². The maximum absolute atomic E-state index is 10.8. The second-order valence-electron chi connectivity index (χ2n) is 3.89. The lowest BCUT2D eigenvalue weighted by Crippen LogP contribution is -2.44. The van der Waals surface area contributed by atoms with Crippen LogP contribution >= 0.6 is 0 Å². The SMILES string of the molecule is CCOC1OC(C)(C=O)CCC1C. The molecule has 0 aliphatic carbocycles. The molecule has 1 fully saturated rings. The summed E-state index contributed by atoms with van der Waals surface area (Å²) in [6.07, 6.45) is 2.44. The molecule has 13 heavy (non-hydrogen) atoms. The van der Waals surface area contributed by atoms with Gasteiger partial charge < -0.3 is 14.3 Å². The van der Waals surface area contributed by atoms with Gasteiger partial charge >= 0.3 is 0 Å². The monoisotopic (exact) mass is 186 g/mol. The standard InChI is InChI=1S/C10H18O3/c1-4-12-9-8(2)5-6-10(3,7-11)13-9/h7-9H,4-6H2,1-3H3. The zero-order valence-corrected chi connectivity index (χ0v) is 8.58. The Hall–Kier alpha value is -0.410. The number of aldehydes is 1. The van der Waals surface area contributed by atoms with Crippen molar-refractivity contribution >= 4 is 6.29 Å². The molecule has 0 amide bonds. The van der Waals surface area contributed by atoms with E-state index in [1.165, 1.54) is 0 Å². The summed E-state index contributed by atoms with van der Waals surface area (Å²) in [6, 6.07) is 0. The first kappa shape index (κ1) is 10.7. The van der Waals surface area contributed by atoms with Crippen molar-refractivity contribution in [3.63, 3.8) is 0 Å². The Kier molecular flexibility index (Phi) is 3.45. The van der Waals surface area contributed by atoms with Crippen LogP contribution in [0.5, 0.6) is 0 Å². The van der Waals surface area contributed by atoms with E-state index in [4.69, 9.17) is 9.47 Å². The van der Waals surface area contributed by atoms with E-state index in [1.54, 1.807) is 0 Å². The Balaban J connectivity index is 2.57. The van der Waals surface area contributed by atoms with E-state index < -0.39 is 5.60 Å². The quantitative estimate of drug-likeness (QED) is 0.630. The van der Waals surface area contributed by atoms with E-state index in [0.717, 1.165) is 19.1 Å². The molecule has 0 radical (unpaired) electrons. The van der Waals surface area contributed by atoms with Crippen LogP contribution in [-0.2, 0) is 14.3 Å². The van der Waals surface area contributed by atoms with E-state index in [1.807, 2.05) is 13.8 Å². The number of hydrogen-bond acceptors (Lipinski definition) is 3. The van der Waals surface area contributed by atoms with Crippen molar-refractivity contribution in [1.82, 2.24) is 0 Å². The minimum Gasteiger partial charge on any atom is -0.353 e. The Morgan fingerprint density at radius 3 is 2.92 bits per heavy atom. The van der Waals surface area contributed by atoms with Gasteiger partial charge in [0.15, 0.2) is 12.6 Å². The van der Waals surface area contributed by atoms with Crippen molar-refractivity contribution in [3.05, 3.63) is 0 Å². The molecule has 3 nitrogen and oxygen atoms in total. The molecule has 0 spiro atoms. The molecule has 1 aliphatic rings. The smallest absolute Gasteiger partial charge is 0.161 e. The van der Waals surface area contributed by atoms with Gasteiger partial charge in [0.2, 0.25) is 0 Å². The molecule has 3 unspecified atom stereocenters. The highest BCUT2D eigenvalue weighted by Crippen LogP contribution is 2.31. The van der Waals surface area contributed by atoms with Gasteiger partial charge in [0, 0.05) is 12.5 Å². The highest BCUT2D eigenvalue weighted by atomic mass is 16.7. The third-order valence-electron chi connectivity index (χ3n) is 2.53. The normalized spacial score (nSPS) is 40.2. The summed E-state index contributed by atoms with van der Waals surface area (Å²) in [5, 5.41) is 0.